The van der Waals surface area contributed by atoms with E-state index in [1.54, 1.807) is 6.33 Å². The molecular weight excluding hydrogens is 274 g/mol. The Balaban J connectivity index is 1.87. The van der Waals surface area contributed by atoms with E-state index in [1.165, 1.54) is 11.6 Å². The second-order valence-electron chi connectivity index (χ2n) is 4.41. The van der Waals surface area contributed by atoms with Crippen LogP contribution in [0.5, 0.6) is 0 Å². The molecule has 0 bridgehead atoms. The van der Waals surface area contributed by atoms with Gasteiger partial charge in [-0.2, -0.15) is 0 Å². The van der Waals surface area contributed by atoms with Gasteiger partial charge in [0.15, 0.2) is 0 Å². The highest BCUT2D eigenvalue weighted by Gasteiger charge is 2.01. The largest absolute Gasteiger partial charge is 0.352 e. The lowest BCUT2D eigenvalue weighted by atomic mass is 10.2. The fourth-order valence-electron chi connectivity index (χ4n) is 1.81. The molecule has 2 rings (SSSR count). The highest BCUT2D eigenvalue weighted by atomic mass is 35.5. The summed E-state index contributed by atoms with van der Waals surface area (Å²) in [6.07, 6.45) is 5.74. The van der Waals surface area contributed by atoms with Crippen LogP contribution < -0.4 is 5.32 Å². The van der Waals surface area contributed by atoms with E-state index in [2.05, 4.69) is 16.9 Å². The van der Waals surface area contributed by atoms with Gasteiger partial charge >= 0.3 is 0 Å². The van der Waals surface area contributed by atoms with Crippen LogP contribution in [0.15, 0.2) is 49.4 Å². The van der Waals surface area contributed by atoms with Crippen molar-refractivity contribution in [3.05, 3.63) is 65.7 Å². The number of halogens is 1. The van der Waals surface area contributed by atoms with Gasteiger partial charge in [-0.25, -0.2) is 4.98 Å². The van der Waals surface area contributed by atoms with Gasteiger partial charge in [0.25, 0.3) is 0 Å². The van der Waals surface area contributed by atoms with Crippen LogP contribution in [-0.2, 0) is 17.8 Å². The zero-order chi connectivity index (χ0) is 14.4. The molecule has 4 nitrogen and oxygen atoms in total. The molecule has 0 fully saturated rings. The average Bonchev–Trinajstić information content (AvgIpc) is 2.89. The van der Waals surface area contributed by atoms with Crippen molar-refractivity contribution in [2.75, 3.05) is 6.54 Å². The lowest BCUT2D eigenvalue weighted by molar-refractivity contribution is -0.116. The predicted octanol–water partition coefficient (Wildman–Crippen LogP) is 2.43. The van der Waals surface area contributed by atoms with Crippen molar-refractivity contribution in [2.45, 2.75) is 13.0 Å². The number of amides is 1. The molecular formula is C15H16ClN3O. The number of imidazole rings is 1. The average molecular weight is 290 g/mol. The van der Waals surface area contributed by atoms with E-state index < -0.39 is 0 Å². The lowest BCUT2D eigenvalue weighted by Crippen LogP contribution is -2.23. The Labute approximate surface area is 123 Å². The van der Waals surface area contributed by atoms with Gasteiger partial charge in [0.2, 0.25) is 5.91 Å². The Hall–Kier alpha value is -2.07. The molecule has 0 saturated carbocycles. The number of nitrogens with zero attached hydrogens (tertiary/aromatic N) is 2. The quantitative estimate of drug-likeness (QED) is 0.830. The molecule has 1 amide bonds. The molecule has 0 radical (unpaired) electrons. The summed E-state index contributed by atoms with van der Waals surface area (Å²) in [5.74, 6) is -0.161. The third kappa shape index (κ3) is 4.24. The second kappa shape index (κ2) is 6.91. The molecule has 20 heavy (non-hydrogen) atoms. The Morgan fingerprint density at radius 3 is 2.85 bits per heavy atom. The van der Waals surface area contributed by atoms with E-state index in [0.717, 1.165) is 17.3 Å². The van der Waals surface area contributed by atoms with Crippen molar-refractivity contribution in [1.82, 2.24) is 14.9 Å². The first-order chi connectivity index (χ1) is 9.67. The fraction of sp³-hybridized carbons (Fsp3) is 0.200. The number of nitrogens with one attached hydrogen (secondary N) is 1. The van der Waals surface area contributed by atoms with Crippen molar-refractivity contribution in [3.8, 4) is 0 Å². The van der Waals surface area contributed by atoms with Crippen LogP contribution in [0.25, 0.3) is 0 Å². The van der Waals surface area contributed by atoms with Crippen LogP contribution in [0.1, 0.15) is 11.3 Å². The summed E-state index contributed by atoms with van der Waals surface area (Å²) < 4.78 is 2.01. The highest BCUT2D eigenvalue weighted by molar-refractivity contribution is 6.30. The van der Waals surface area contributed by atoms with Crippen LogP contribution in [0.4, 0.5) is 0 Å². The number of carbonyl (C=O) groups excluding carboxylic acids is 1. The van der Waals surface area contributed by atoms with Crippen LogP contribution in [0, 0.1) is 0 Å². The molecule has 1 heterocycles. The van der Waals surface area contributed by atoms with E-state index >= 15 is 0 Å². The van der Waals surface area contributed by atoms with E-state index in [1.807, 2.05) is 35.0 Å². The fourth-order valence-corrected chi connectivity index (χ4v) is 1.93. The van der Waals surface area contributed by atoms with E-state index in [0.29, 0.717) is 13.0 Å². The van der Waals surface area contributed by atoms with Gasteiger partial charge in [-0.15, -0.1) is 0 Å². The van der Waals surface area contributed by atoms with Gasteiger partial charge in [-0.1, -0.05) is 30.3 Å². The molecule has 1 aromatic heterocycles. The molecule has 2 aromatic rings. The first-order valence-electron chi connectivity index (χ1n) is 6.33. The van der Waals surface area contributed by atoms with Crippen molar-refractivity contribution >= 4 is 17.5 Å². The Morgan fingerprint density at radius 1 is 1.40 bits per heavy atom. The van der Waals surface area contributed by atoms with Gasteiger partial charge < -0.3 is 9.88 Å². The molecule has 104 valence electrons. The molecule has 0 saturated heterocycles. The summed E-state index contributed by atoms with van der Waals surface area (Å²) in [6.45, 7) is 4.71. The number of rotatable bonds is 6. The van der Waals surface area contributed by atoms with Crippen molar-refractivity contribution in [2.24, 2.45) is 0 Å². The number of aromatic nitrogens is 2. The number of benzene rings is 1. The van der Waals surface area contributed by atoms with E-state index in [4.69, 9.17) is 11.6 Å². The Morgan fingerprint density at radius 2 is 2.15 bits per heavy atom. The van der Waals surface area contributed by atoms with E-state index in [9.17, 15) is 4.79 Å². The Kier molecular flexibility index (Phi) is 4.96. The number of carbonyl (C=O) groups is 1. The van der Waals surface area contributed by atoms with Crippen molar-refractivity contribution in [1.29, 1.82) is 0 Å². The highest BCUT2D eigenvalue weighted by Crippen LogP contribution is 2.11. The van der Waals surface area contributed by atoms with Gasteiger partial charge in [-0.3, -0.25) is 4.79 Å². The number of hydrogen-bond donors (Lipinski definition) is 1. The van der Waals surface area contributed by atoms with Gasteiger partial charge in [0.05, 0.1) is 12.0 Å². The third-order valence-corrected chi connectivity index (χ3v) is 3.08. The van der Waals surface area contributed by atoms with Gasteiger partial charge in [-0.05, 0) is 23.8 Å². The number of hydrogen-bond acceptors (Lipinski definition) is 2. The van der Waals surface area contributed by atoms with Crippen LogP contribution in [0.3, 0.4) is 0 Å². The molecule has 0 aliphatic rings. The molecule has 0 aliphatic heterocycles. The molecule has 1 aromatic carbocycles. The third-order valence-electron chi connectivity index (χ3n) is 2.83. The minimum absolute atomic E-state index is 0.161. The maximum absolute atomic E-state index is 11.0. The molecule has 1 N–H and O–H groups in total. The maximum atomic E-state index is 11.0. The normalized spacial score (nSPS) is 10.2. The molecule has 0 atom stereocenters. The van der Waals surface area contributed by atoms with Crippen LogP contribution >= 0.6 is 11.6 Å². The van der Waals surface area contributed by atoms with Gasteiger partial charge in [0.1, 0.15) is 0 Å². The first kappa shape index (κ1) is 14.3. The first-order valence-corrected chi connectivity index (χ1v) is 6.70. The molecule has 0 aliphatic carbocycles. The summed E-state index contributed by atoms with van der Waals surface area (Å²) in [6, 6.07) is 7.73. The van der Waals surface area contributed by atoms with Crippen molar-refractivity contribution < 1.29 is 4.79 Å². The summed E-state index contributed by atoms with van der Waals surface area (Å²) in [4.78, 5) is 15.3. The lowest BCUT2D eigenvalue weighted by Gasteiger charge is -2.02. The molecule has 0 unspecified atom stereocenters. The zero-order valence-electron chi connectivity index (χ0n) is 11.1. The van der Waals surface area contributed by atoms with E-state index in [-0.39, 0.29) is 5.91 Å². The minimum Gasteiger partial charge on any atom is -0.352 e. The summed E-state index contributed by atoms with van der Waals surface area (Å²) in [5.41, 5.74) is 2.11. The smallest absolute Gasteiger partial charge is 0.243 e. The monoisotopic (exact) mass is 289 g/mol. The standard InChI is InChI=1S/C15H16ClN3O/c1-2-15(20)17-8-7-14-10-19(11-18-14)9-12-3-5-13(16)6-4-12/h2-6,10-11H,1,7-9H2,(H,17,20). The van der Waals surface area contributed by atoms with Crippen LogP contribution in [0.2, 0.25) is 5.02 Å². The molecule has 5 heteroatoms. The summed E-state index contributed by atoms with van der Waals surface area (Å²) in [5, 5.41) is 3.46. The Bertz CT molecular complexity index is 589. The van der Waals surface area contributed by atoms with Gasteiger partial charge in [0, 0.05) is 30.7 Å². The SMILES string of the molecule is C=CC(=O)NCCc1cn(Cc2ccc(Cl)cc2)cn1. The van der Waals surface area contributed by atoms with Crippen molar-refractivity contribution in [3.63, 3.8) is 0 Å². The minimum atomic E-state index is -0.161. The summed E-state index contributed by atoms with van der Waals surface area (Å²) >= 11 is 5.85. The topological polar surface area (TPSA) is 46.9 Å². The molecule has 0 spiro atoms. The summed E-state index contributed by atoms with van der Waals surface area (Å²) in [7, 11) is 0. The predicted molar refractivity (Wildman–Crippen MR) is 79.7 cm³/mol. The maximum Gasteiger partial charge on any atom is 0.243 e. The zero-order valence-corrected chi connectivity index (χ0v) is 11.8. The van der Waals surface area contributed by atoms with Crippen LogP contribution in [-0.4, -0.2) is 22.0 Å². The second-order valence-corrected chi connectivity index (χ2v) is 4.85.